The van der Waals surface area contributed by atoms with Crippen molar-refractivity contribution in [3.63, 3.8) is 0 Å². The molecule has 0 amide bonds. The first-order chi connectivity index (χ1) is 3.39. The van der Waals surface area contributed by atoms with E-state index in [1.165, 1.54) is 23.4 Å². The van der Waals surface area contributed by atoms with Crippen LogP contribution >= 0.6 is 0 Å². The Morgan fingerprint density at radius 3 is 2.62 bits per heavy atom. The molecule has 1 saturated heterocycles. The molecule has 0 saturated carbocycles. The number of hydrogen-bond donors (Lipinski definition) is 0. The second-order valence-corrected chi connectivity index (χ2v) is 3.11. The second kappa shape index (κ2) is 5.33. The first-order valence-corrected chi connectivity index (χ1v) is 3.72. The van der Waals surface area contributed by atoms with Gasteiger partial charge >= 0.3 is 53.1 Å². The molecular weight excluding hydrogens is 500 g/mol. The molecule has 0 aliphatic carbocycles. The van der Waals surface area contributed by atoms with E-state index in [2.05, 4.69) is 5.48 Å². The van der Waals surface area contributed by atoms with E-state index in [1.807, 2.05) is 0 Å². The molecule has 8 heavy (non-hydrogen) atoms. The fourth-order valence-corrected chi connectivity index (χ4v) is 1.16. The van der Waals surface area contributed by atoms with Crippen molar-refractivity contribution in [3.8, 4) is 0 Å². The molecule has 0 spiro atoms. The topological polar surface area (TPSA) is 23.3 Å². The van der Waals surface area contributed by atoms with Crippen molar-refractivity contribution < 1.29 is 55.3 Å². The van der Waals surface area contributed by atoms with Gasteiger partial charge in [0.05, 0.1) is 0 Å². The quantitative estimate of drug-likeness (QED) is 0.477. The molecular formula is C4H6NOUW-. The van der Waals surface area contributed by atoms with Crippen LogP contribution in [0, 0.1) is 31.1 Å². The van der Waals surface area contributed by atoms with Gasteiger partial charge in [0, 0.05) is 31.1 Å². The maximum absolute atomic E-state index is 4.79. The standard InChI is InChI=1S/C4H6NO.U.W/c1-2-4-6-5-3-1;;/h1-2,4H2;;/q-1;;. The molecule has 0 aromatic carbocycles. The molecule has 2 nitrogen and oxygen atoms in total. The van der Waals surface area contributed by atoms with Crippen molar-refractivity contribution >= 4 is 4.02 Å². The van der Waals surface area contributed by atoms with Crippen molar-refractivity contribution in [2.24, 2.45) is 0 Å². The minimum absolute atomic E-state index is 0. The van der Waals surface area contributed by atoms with Gasteiger partial charge in [-0.2, -0.15) is 0 Å². The van der Waals surface area contributed by atoms with Gasteiger partial charge in [-0.15, -0.1) is 0 Å². The maximum atomic E-state index is 4.79. The van der Waals surface area contributed by atoms with Crippen LogP contribution in [0.15, 0.2) is 0 Å². The Morgan fingerprint density at radius 2 is 2.38 bits per heavy atom. The van der Waals surface area contributed by atoms with E-state index >= 15 is 0 Å². The van der Waals surface area contributed by atoms with Crippen molar-refractivity contribution in [2.45, 2.75) is 12.8 Å². The molecule has 0 N–H and O–H groups in total. The normalized spacial score (nSPS) is 19.8. The summed E-state index contributed by atoms with van der Waals surface area (Å²) >= 11 is 1.44. The zero-order valence-electron chi connectivity index (χ0n) is 4.39. The van der Waals surface area contributed by atoms with E-state index in [4.69, 9.17) is 4.84 Å². The van der Waals surface area contributed by atoms with Gasteiger partial charge in [-0.1, -0.05) is 0 Å². The van der Waals surface area contributed by atoms with Crippen LogP contribution in [0.1, 0.15) is 12.8 Å². The molecule has 0 unspecified atom stereocenters. The fourth-order valence-electron chi connectivity index (χ4n) is 0.451. The van der Waals surface area contributed by atoms with Crippen LogP contribution in [0.3, 0.4) is 0 Å². The van der Waals surface area contributed by atoms with E-state index < -0.39 is 0 Å². The molecule has 0 bridgehead atoms. The van der Waals surface area contributed by atoms with Gasteiger partial charge in [0.15, 0.2) is 0 Å². The number of hydroxylamine groups is 1. The zero-order chi connectivity index (χ0) is 5.11. The zero-order valence-corrected chi connectivity index (χ0v) is 11.5. The van der Waals surface area contributed by atoms with Gasteiger partial charge in [0.25, 0.3) is 0 Å². The van der Waals surface area contributed by atoms with Gasteiger partial charge in [-0.25, -0.2) is 0 Å². The third-order valence-electron chi connectivity index (χ3n) is 0.793. The van der Waals surface area contributed by atoms with Crippen LogP contribution in [-0.2, 0) is 24.2 Å². The molecule has 0 aromatic heterocycles. The van der Waals surface area contributed by atoms with Crippen molar-refractivity contribution in [1.82, 2.24) is 0 Å². The van der Waals surface area contributed by atoms with Crippen molar-refractivity contribution in [1.29, 1.82) is 0 Å². The average Bonchev–Trinajstić information content (AvgIpc) is 1.69. The number of hydrogen-bond acceptors (Lipinski definition) is 1. The summed E-state index contributed by atoms with van der Waals surface area (Å²) in [6.45, 7) is 0.816. The summed E-state index contributed by atoms with van der Waals surface area (Å²) in [5.74, 6) is 0. The van der Waals surface area contributed by atoms with Crippen LogP contribution in [0.4, 0.5) is 0 Å². The molecule has 0 aromatic rings. The van der Waals surface area contributed by atoms with Crippen LogP contribution in [0.2, 0.25) is 0 Å². The van der Waals surface area contributed by atoms with Gasteiger partial charge < -0.3 is 0 Å². The van der Waals surface area contributed by atoms with E-state index in [0.717, 1.165) is 19.4 Å². The summed E-state index contributed by atoms with van der Waals surface area (Å²) in [6.07, 6.45) is 2.30. The Kier molecular flexibility index (Phi) is 6.34. The molecule has 1 aliphatic heterocycles. The third-order valence-corrected chi connectivity index (χ3v) is 1.79. The molecule has 1 heterocycles. The van der Waals surface area contributed by atoms with Crippen molar-refractivity contribution in [2.75, 3.05) is 6.61 Å². The summed E-state index contributed by atoms with van der Waals surface area (Å²) in [7, 11) is 0. The van der Waals surface area contributed by atoms with Crippen LogP contribution in [0.5, 0.6) is 0 Å². The van der Waals surface area contributed by atoms with Gasteiger partial charge in [-0.3, -0.25) is 0 Å². The molecule has 1 rings (SSSR count). The Labute approximate surface area is 83.5 Å². The second-order valence-electron chi connectivity index (χ2n) is 1.42. The molecule has 4 heteroatoms. The van der Waals surface area contributed by atoms with Gasteiger partial charge in [-0.05, 0) is 0 Å². The van der Waals surface area contributed by atoms with Crippen LogP contribution < -0.4 is 0 Å². The SMILES string of the molecule is [U].[W]=[C]1CCCO[N-]1. The van der Waals surface area contributed by atoms with E-state index in [0.29, 0.717) is 0 Å². The average molecular weight is 506 g/mol. The molecule has 1 fully saturated rings. The Morgan fingerprint density at radius 1 is 1.62 bits per heavy atom. The molecule has 1 aliphatic rings. The van der Waals surface area contributed by atoms with E-state index in [9.17, 15) is 0 Å². The first-order valence-electron chi connectivity index (χ1n) is 2.25. The van der Waals surface area contributed by atoms with Gasteiger partial charge in [0.1, 0.15) is 0 Å². The predicted octanol–water partition coefficient (Wildman–Crippen LogP) is 0.762. The number of nitrogens with zero attached hydrogens (tertiary/aromatic N) is 1. The summed E-state index contributed by atoms with van der Waals surface area (Å²) in [5, 5.41) is 0. The van der Waals surface area contributed by atoms with Crippen molar-refractivity contribution in [3.05, 3.63) is 5.48 Å². The summed E-state index contributed by atoms with van der Waals surface area (Å²) in [4.78, 5) is 4.79. The number of rotatable bonds is 0. The van der Waals surface area contributed by atoms with E-state index in [-0.39, 0.29) is 31.1 Å². The van der Waals surface area contributed by atoms with Crippen LogP contribution in [-0.4, -0.2) is 10.6 Å². The summed E-state index contributed by atoms with van der Waals surface area (Å²) in [6, 6.07) is 0. The summed E-state index contributed by atoms with van der Waals surface area (Å²) < 4.78 is 1.20. The van der Waals surface area contributed by atoms with Gasteiger partial charge in [0.2, 0.25) is 0 Å². The monoisotopic (exact) mass is 506 g/mol. The Hall–Kier alpha value is 1.53. The summed E-state index contributed by atoms with van der Waals surface area (Å²) in [5.41, 5.74) is 3.78. The fraction of sp³-hybridized carbons (Fsp3) is 0.750. The van der Waals surface area contributed by atoms with Crippen LogP contribution in [0.25, 0.3) is 5.48 Å². The Bertz CT molecular complexity index is 80.1. The minimum atomic E-state index is 0. The Balaban J connectivity index is 0.000000490. The predicted molar refractivity (Wildman–Crippen MR) is 23.6 cm³/mol. The molecule has 0 radical (unpaired) electrons. The van der Waals surface area contributed by atoms with E-state index in [1.54, 1.807) is 0 Å². The molecule has 44 valence electrons. The molecule has 0 atom stereocenters. The third kappa shape index (κ3) is 3.54. The first kappa shape index (κ1) is 9.53.